The molecule has 3 rings (SSSR count). The zero-order valence-corrected chi connectivity index (χ0v) is 18.7. The van der Waals surface area contributed by atoms with Crippen molar-refractivity contribution in [3.05, 3.63) is 63.2 Å². The average molecular weight is 476 g/mol. The quantitative estimate of drug-likeness (QED) is 0.109. The van der Waals surface area contributed by atoms with Gasteiger partial charge in [0.15, 0.2) is 18.1 Å². The number of fused-ring (bicyclic) bond motifs is 1. The van der Waals surface area contributed by atoms with E-state index in [2.05, 4.69) is 15.6 Å². The molecule has 3 atom stereocenters. The van der Waals surface area contributed by atoms with Crippen molar-refractivity contribution in [1.29, 1.82) is 5.26 Å². The van der Waals surface area contributed by atoms with Crippen LogP contribution in [0.3, 0.4) is 0 Å². The van der Waals surface area contributed by atoms with Crippen LogP contribution in [-0.2, 0) is 9.47 Å². The van der Waals surface area contributed by atoms with Gasteiger partial charge in [-0.15, -0.1) is 0 Å². The van der Waals surface area contributed by atoms with E-state index in [0.29, 0.717) is 16.3 Å². The molecule has 1 aliphatic heterocycles. The monoisotopic (exact) mass is 475 g/mol. The minimum absolute atomic E-state index is 0.0168. The van der Waals surface area contributed by atoms with Crippen LogP contribution < -0.4 is 15.4 Å². The number of ether oxygens (including phenoxy) is 3. The Bertz CT molecular complexity index is 1100. The normalized spacial score (nSPS) is 22.2. The predicted octanol–water partition coefficient (Wildman–Crippen LogP) is 2.77. The van der Waals surface area contributed by atoms with Gasteiger partial charge in [-0.3, -0.25) is 15.4 Å². The Kier molecular flexibility index (Phi) is 7.35. The Hall–Kier alpha value is -3.43. The Morgan fingerprint density at radius 3 is 2.70 bits per heavy atom. The van der Waals surface area contributed by atoms with Gasteiger partial charge < -0.3 is 24.6 Å². The largest absolute Gasteiger partial charge is 0.479 e. The molecular weight excluding hydrogens is 454 g/mol. The summed E-state index contributed by atoms with van der Waals surface area (Å²) in [4.78, 5) is 15.1. The van der Waals surface area contributed by atoms with Crippen LogP contribution in [0.4, 0.5) is 11.4 Å². The fraction of sp³-hybridized carbons (Fsp3) is 0.333. The first-order valence-corrected chi connectivity index (χ1v) is 10.1. The molecule has 0 fully saturated rings. The van der Waals surface area contributed by atoms with Gasteiger partial charge in [-0.05, 0) is 31.2 Å². The molecule has 2 aromatic carbocycles. The van der Waals surface area contributed by atoms with Crippen molar-refractivity contribution in [2.45, 2.75) is 31.0 Å². The second-order valence-corrected chi connectivity index (χ2v) is 7.75. The SMILES string of the molecule is COC(OC)C1(C)Oc2ccc([N+](=O)[O-])cc2C(NC(=Nc2cccc(Cl)c2)NC#N)C1O. The molecule has 0 spiro atoms. The number of hydrogen-bond donors (Lipinski definition) is 3. The summed E-state index contributed by atoms with van der Waals surface area (Å²) >= 11 is 6.02. The zero-order chi connectivity index (χ0) is 24.2. The van der Waals surface area contributed by atoms with E-state index in [4.69, 9.17) is 25.8 Å². The number of aliphatic hydroxyl groups is 1. The van der Waals surface area contributed by atoms with Gasteiger partial charge in [-0.25, -0.2) is 4.99 Å². The van der Waals surface area contributed by atoms with E-state index in [1.54, 1.807) is 37.4 Å². The van der Waals surface area contributed by atoms with Crippen LogP contribution in [0.1, 0.15) is 18.5 Å². The highest BCUT2D eigenvalue weighted by atomic mass is 35.5. The fourth-order valence-electron chi connectivity index (χ4n) is 3.66. The summed E-state index contributed by atoms with van der Waals surface area (Å²) in [5.74, 6) is 0.251. The lowest BCUT2D eigenvalue weighted by Gasteiger charge is -2.46. The maximum Gasteiger partial charge on any atom is 0.270 e. The molecule has 1 heterocycles. The molecule has 0 amide bonds. The second-order valence-electron chi connectivity index (χ2n) is 7.31. The Labute approximate surface area is 194 Å². The molecule has 3 unspecified atom stereocenters. The number of aliphatic imine (C=N–C) groups is 1. The first-order valence-electron chi connectivity index (χ1n) is 9.70. The van der Waals surface area contributed by atoms with Crippen LogP contribution >= 0.6 is 11.6 Å². The van der Waals surface area contributed by atoms with E-state index in [9.17, 15) is 20.5 Å². The van der Waals surface area contributed by atoms with Crippen LogP contribution in [-0.4, -0.2) is 48.2 Å². The Morgan fingerprint density at radius 2 is 2.09 bits per heavy atom. The average Bonchev–Trinajstić information content (AvgIpc) is 2.77. The van der Waals surface area contributed by atoms with E-state index in [-0.39, 0.29) is 17.4 Å². The third-order valence-corrected chi connectivity index (χ3v) is 5.42. The van der Waals surface area contributed by atoms with Crippen molar-refractivity contribution in [2.75, 3.05) is 14.2 Å². The van der Waals surface area contributed by atoms with Crippen LogP contribution in [0.5, 0.6) is 5.75 Å². The van der Waals surface area contributed by atoms with E-state index in [1.807, 2.05) is 0 Å². The maximum atomic E-state index is 11.4. The molecule has 33 heavy (non-hydrogen) atoms. The van der Waals surface area contributed by atoms with E-state index < -0.39 is 29.0 Å². The molecule has 0 saturated heterocycles. The number of non-ortho nitro benzene ring substituents is 1. The highest BCUT2D eigenvalue weighted by Crippen LogP contribution is 2.43. The van der Waals surface area contributed by atoms with Crippen molar-refractivity contribution >= 4 is 28.9 Å². The molecule has 0 aromatic heterocycles. The third-order valence-electron chi connectivity index (χ3n) is 5.18. The van der Waals surface area contributed by atoms with Crippen LogP contribution in [0, 0.1) is 21.6 Å². The minimum atomic E-state index is -1.42. The number of rotatable bonds is 6. The van der Waals surface area contributed by atoms with Gasteiger partial charge in [-0.1, -0.05) is 17.7 Å². The van der Waals surface area contributed by atoms with Crippen molar-refractivity contribution in [3.63, 3.8) is 0 Å². The first-order chi connectivity index (χ1) is 15.7. The maximum absolute atomic E-state index is 11.4. The van der Waals surface area contributed by atoms with E-state index >= 15 is 0 Å². The summed E-state index contributed by atoms with van der Waals surface area (Å²) < 4.78 is 16.7. The molecule has 0 saturated carbocycles. The van der Waals surface area contributed by atoms with Crippen molar-refractivity contribution < 1.29 is 24.2 Å². The molecule has 0 radical (unpaired) electrons. The number of benzene rings is 2. The van der Waals surface area contributed by atoms with Gasteiger partial charge in [0.25, 0.3) is 5.69 Å². The number of halogens is 1. The smallest absolute Gasteiger partial charge is 0.270 e. The van der Waals surface area contributed by atoms with Crippen LogP contribution in [0.15, 0.2) is 47.5 Å². The molecule has 0 bridgehead atoms. The molecule has 3 N–H and O–H groups in total. The van der Waals surface area contributed by atoms with Gasteiger partial charge in [0.05, 0.1) is 16.7 Å². The first kappa shape index (κ1) is 24.2. The number of aliphatic hydroxyl groups excluding tert-OH is 1. The van der Waals surface area contributed by atoms with E-state index in [1.165, 1.54) is 32.4 Å². The number of nitro benzene ring substituents is 1. The third kappa shape index (κ3) is 4.99. The van der Waals surface area contributed by atoms with Gasteiger partial charge in [0.1, 0.15) is 11.9 Å². The molecule has 2 aromatic rings. The number of nitriles is 1. The summed E-state index contributed by atoms with van der Waals surface area (Å²) in [5.41, 5.74) is -0.892. The molecule has 1 aliphatic rings. The van der Waals surface area contributed by atoms with Crippen LogP contribution in [0.25, 0.3) is 0 Å². The van der Waals surface area contributed by atoms with E-state index in [0.717, 1.165) is 0 Å². The number of nitro groups is 1. The zero-order valence-electron chi connectivity index (χ0n) is 18.0. The number of nitrogens with one attached hydrogen (secondary N) is 2. The number of guanidine groups is 1. The molecule has 12 heteroatoms. The molecule has 0 aliphatic carbocycles. The summed E-state index contributed by atoms with van der Waals surface area (Å²) in [6, 6.07) is 9.62. The van der Waals surface area contributed by atoms with Crippen molar-refractivity contribution in [3.8, 4) is 11.9 Å². The minimum Gasteiger partial charge on any atom is -0.479 e. The Morgan fingerprint density at radius 1 is 1.36 bits per heavy atom. The van der Waals surface area contributed by atoms with Gasteiger partial charge >= 0.3 is 0 Å². The topological polar surface area (TPSA) is 151 Å². The van der Waals surface area contributed by atoms with Crippen LogP contribution in [0.2, 0.25) is 5.02 Å². The molecular formula is C21H22ClN5O6. The second kappa shape index (κ2) is 10.0. The highest BCUT2D eigenvalue weighted by Gasteiger charge is 2.52. The molecule has 174 valence electrons. The lowest BCUT2D eigenvalue weighted by atomic mass is 9.84. The summed E-state index contributed by atoms with van der Waals surface area (Å²) in [7, 11) is 2.79. The fourth-order valence-corrected chi connectivity index (χ4v) is 3.85. The Balaban J connectivity index is 2.10. The lowest BCUT2D eigenvalue weighted by molar-refractivity contribution is -0.385. The predicted molar refractivity (Wildman–Crippen MR) is 119 cm³/mol. The van der Waals surface area contributed by atoms with Crippen molar-refractivity contribution in [1.82, 2.24) is 10.6 Å². The standard InChI is InChI=1S/C21H22ClN5O6/c1-21(19(31-2)32-3)18(28)17(15-10-14(27(29)30)7-8-16(15)33-21)26-20(24-11-23)25-13-6-4-5-12(22)9-13/h4-10,17-19,28H,1-3H3,(H2,24,25,26). The number of nitrogens with zero attached hydrogens (tertiary/aromatic N) is 3. The summed E-state index contributed by atoms with van der Waals surface area (Å²) in [6.07, 6.45) is -0.554. The van der Waals surface area contributed by atoms with Crippen molar-refractivity contribution in [2.24, 2.45) is 4.99 Å². The van der Waals surface area contributed by atoms with Gasteiger partial charge in [0.2, 0.25) is 5.96 Å². The number of hydrogen-bond acceptors (Lipinski definition) is 8. The highest BCUT2D eigenvalue weighted by molar-refractivity contribution is 6.30. The van der Waals surface area contributed by atoms with Gasteiger partial charge in [-0.2, -0.15) is 5.26 Å². The molecule has 11 nitrogen and oxygen atoms in total. The lowest BCUT2D eigenvalue weighted by Crippen LogP contribution is -2.62. The number of methoxy groups -OCH3 is 2. The summed E-state index contributed by atoms with van der Waals surface area (Å²) in [6.45, 7) is 1.58. The summed E-state index contributed by atoms with van der Waals surface area (Å²) in [5, 5.41) is 37.7. The van der Waals surface area contributed by atoms with Gasteiger partial charge in [0, 0.05) is 36.9 Å².